The summed E-state index contributed by atoms with van der Waals surface area (Å²) in [5.74, 6) is 5.73. The van der Waals surface area contributed by atoms with Crippen molar-refractivity contribution in [1.82, 2.24) is 9.03 Å². The maximum absolute atomic E-state index is 13.3. The highest BCUT2D eigenvalue weighted by molar-refractivity contribution is 7.95. The van der Waals surface area contributed by atoms with Crippen LogP contribution in [0.1, 0.15) is 46.6 Å². The molecule has 1 aromatic heterocycles. The number of nitrogens with zero attached hydrogens (tertiary/aromatic N) is 2. The average molecular weight is 681 g/mol. The van der Waals surface area contributed by atoms with Crippen molar-refractivity contribution < 1.29 is 18.0 Å². The fourth-order valence-electron chi connectivity index (χ4n) is 3.92. The lowest BCUT2D eigenvalue weighted by Gasteiger charge is -2.15. The van der Waals surface area contributed by atoms with E-state index in [1.807, 2.05) is 6.07 Å². The predicted octanol–water partition coefficient (Wildman–Crippen LogP) is 7.36. The van der Waals surface area contributed by atoms with Gasteiger partial charge in [-0.05, 0) is 74.0 Å². The normalized spacial score (nSPS) is 14.2. The summed E-state index contributed by atoms with van der Waals surface area (Å²) in [4.78, 5) is 19.5. The summed E-state index contributed by atoms with van der Waals surface area (Å²) in [5, 5.41) is 0.776. The predicted molar refractivity (Wildman–Crippen MR) is 175 cm³/mol. The van der Waals surface area contributed by atoms with Gasteiger partial charge in [0.1, 0.15) is 0 Å². The number of nitrogens with two attached hydrogens (primary N) is 2. The first-order chi connectivity index (χ1) is 21.0. The summed E-state index contributed by atoms with van der Waals surface area (Å²) in [6.07, 6.45) is -1.83. The van der Waals surface area contributed by atoms with E-state index in [-0.39, 0.29) is 24.4 Å². The molecule has 0 bridgehead atoms. The fraction of sp³-hybridized carbons (Fsp3) is 0.290. The number of aliphatic imine (C=N–C) groups is 1. The number of allylic oxidation sites excluding steroid dienone is 1. The van der Waals surface area contributed by atoms with Gasteiger partial charge in [0, 0.05) is 54.3 Å². The zero-order chi connectivity index (χ0) is 31.7. The number of alkyl halides is 3. The Morgan fingerprint density at radius 1 is 1.05 bits per heavy atom. The molecule has 0 radical (unpaired) electrons. The number of unbranched alkanes of at least 4 members (excludes halogenated alkanes) is 2. The molecule has 6 nitrogen and oxygen atoms in total. The summed E-state index contributed by atoms with van der Waals surface area (Å²) >= 11 is 15.4. The van der Waals surface area contributed by atoms with Crippen LogP contribution in [0.5, 0.6) is 0 Å². The van der Waals surface area contributed by atoms with E-state index in [2.05, 4.69) is 20.9 Å². The molecule has 13 heteroatoms. The second-order valence-corrected chi connectivity index (χ2v) is 12.7. The molecular formula is C31H30Cl2F3N5OS2. The van der Waals surface area contributed by atoms with Crippen molar-refractivity contribution in [3.8, 4) is 11.8 Å². The molecule has 0 unspecified atom stereocenters. The van der Waals surface area contributed by atoms with Crippen LogP contribution in [0.4, 0.5) is 18.9 Å². The topological polar surface area (TPSA) is 96.5 Å². The number of rotatable bonds is 13. The number of thiophene rings is 1. The zero-order valence-corrected chi connectivity index (χ0v) is 26.7. The van der Waals surface area contributed by atoms with Crippen LogP contribution < -0.4 is 16.2 Å². The Morgan fingerprint density at radius 2 is 1.80 bits per heavy atom. The highest BCUT2D eigenvalue weighted by atomic mass is 35.5. The maximum Gasteiger partial charge on any atom is 0.416 e. The number of hydrogen-bond donors (Lipinski definition) is 3. The first kappa shape index (κ1) is 34.1. The fourth-order valence-corrected chi connectivity index (χ4v) is 5.90. The minimum absolute atomic E-state index is 0.103. The molecule has 0 aliphatic carbocycles. The molecule has 0 spiro atoms. The van der Waals surface area contributed by atoms with E-state index in [4.69, 9.17) is 39.7 Å². The lowest BCUT2D eigenvalue weighted by molar-refractivity contribution is -0.137. The number of Topliss-reactive ketones (excluding diaryl/α,β-unsaturated/α-hetero) is 1. The molecule has 1 aliphatic rings. The molecular weight excluding hydrogens is 650 g/mol. The summed E-state index contributed by atoms with van der Waals surface area (Å²) in [6, 6.07) is 13.2. The second-order valence-electron chi connectivity index (χ2n) is 9.80. The minimum Gasteiger partial charge on any atom is -0.396 e. The molecule has 1 saturated heterocycles. The lowest BCUT2D eigenvalue weighted by atomic mass is 10.0. The van der Waals surface area contributed by atoms with E-state index in [1.165, 1.54) is 35.6 Å². The Morgan fingerprint density at radius 3 is 2.45 bits per heavy atom. The van der Waals surface area contributed by atoms with Gasteiger partial charge in [-0.1, -0.05) is 41.5 Å². The molecule has 232 valence electrons. The van der Waals surface area contributed by atoms with Crippen molar-refractivity contribution in [2.24, 2.45) is 16.5 Å². The SMILES string of the molecule is NCCCCCC(=O)/C(N)=C(\CNSN1CC1)C(=Nc1ccc(Cl)cc1Cl)c1ccc(C#Cc2ccc(C(F)(F)F)cc2)s1. The highest BCUT2D eigenvalue weighted by Gasteiger charge is 2.30. The number of carbonyl (C=O) groups is 1. The van der Waals surface area contributed by atoms with Crippen molar-refractivity contribution in [2.45, 2.75) is 31.9 Å². The molecule has 2 heterocycles. The van der Waals surface area contributed by atoms with E-state index in [0.717, 1.165) is 38.1 Å². The van der Waals surface area contributed by atoms with Gasteiger partial charge in [-0.2, -0.15) is 13.2 Å². The van der Waals surface area contributed by atoms with Crippen LogP contribution in [0.2, 0.25) is 10.0 Å². The quantitative estimate of drug-likeness (QED) is 0.0436. The molecule has 44 heavy (non-hydrogen) atoms. The standard InChI is InChI=1S/C31H30Cl2F3N5OS2/c32-22-10-13-26(25(33)18-22)40-30(24(19-39-44-41-16-17-41)29(38)27(42)4-2-1-3-15-37)28-14-12-23(43-28)11-7-20-5-8-21(9-6-20)31(34,35)36/h5-6,8-10,12-14,18,39H,1-4,15-17,19,37-38H2/b29-24-,40-30?. The van der Waals surface area contributed by atoms with Gasteiger partial charge >= 0.3 is 6.18 Å². The van der Waals surface area contributed by atoms with Crippen LogP contribution in [0, 0.1) is 11.8 Å². The Balaban J connectivity index is 1.71. The van der Waals surface area contributed by atoms with E-state index in [1.54, 1.807) is 24.3 Å². The van der Waals surface area contributed by atoms with Crippen LogP contribution >= 0.6 is 46.7 Å². The van der Waals surface area contributed by atoms with E-state index < -0.39 is 11.7 Å². The lowest BCUT2D eigenvalue weighted by Crippen LogP contribution is -2.25. The van der Waals surface area contributed by atoms with Gasteiger partial charge in [0.05, 0.1) is 37.4 Å². The Labute approximate surface area is 273 Å². The third kappa shape index (κ3) is 10.1. The van der Waals surface area contributed by atoms with Gasteiger partial charge in [-0.3, -0.25) is 4.79 Å². The van der Waals surface area contributed by atoms with Crippen molar-refractivity contribution in [3.63, 3.8) is 0 Å². The van der Waals surface area contributed by atoms with Crippen molar-refractivity contribution in [1.29, 1.82) is 0 Å². The minimum atomic E-state index is -4.42. The summed E-state index contributed by atoms with van der Waals surface area (Å²) < 4.78 is 44.2. The van der Waals surface area contributed by atoms with Gasteiger partial charge in [-0.15, -0.1) is 11.3 Å². The van der Waals surface area contributed by atoms with Crippen LogP contribution in [0.3, 0.4) is 0 Å². The zero-order valence-electron chi connectivity index (χ0n) is 23.5. The van der Waals surface area contributed by atoms with Crippen LogP contribution in [-0.4, -0.2) is 42.0 Å². The van der Waals surface area contributed by atoms with Crippen LogP contribution in [-0.2, 0) is 11.0 Å². The van der Waals surface area contributed by atoms with E-state index in [0.29, 0.717) is 55.3 Å². The smallest absolute Gasteiger partial charge is 0.396 e. The van der Waals surface area contributed by atoms with Crippen molar-refractivity contribution in [3.05, 3.63) is 96.8 Å². The third-order valence-corrected chi connectivity index (χ3v) is 8.83. The maximum atomic E-state index is 13.3. The van der Waals surface area contributed by atoms with Gasteiger partial charge in [0.15, 0.2) is 5.78 Å². The number of carbonyl (C=O) groups excluding carboxylic acids is 1. The van der Waals surface area contributed by atoms with Gasteiger partial charge in [-0.25, -0.2) is 14.0 Å². The Bertz CT molecular complexity index is 1590. The third-order valence-electron chi connectivity index (χ3n) is 6.39. The van der Waals surface area contributed by atoms with Gasteiger partial charge in [0.25, 0.3) is 0 Å². The average Bonchev–Trinajstić information content (AvgIpc) is 3.70. The summed E-state index contributed by atoms with van der Waals surface area (Å²) in [7, 11) is 0. The monoisotopic (exact) mass is 679 g/mol. The largest absolute Gasteiger partial charge is 0.416 e. The molecule has 2 aromatic carbocycles. The molecule has 3 aromatic rings. The molecule has 1 aliphatic heterocycles. The van der Waals surface area contributed by atoms with E-state index in [9.17, 15) is 18.0 Å². The highest BCUT2D eigenvalue weighted by Crippen LogP contribution is 2.32. The number of benzene rings is 2. The van der Waals surface area contributed by atoms with Crippen molar-refractivity contribution in [2.75, 3.05) is 26.2 Å². The molecule has 0 atom stereocenters. The first-order valence-corrected chi connectivity index (χ1v) is 16.1. The summed E-state index contributed by atoms with van der Waals surface area (Å²) in [5.41, 5.74) is 13.4. The van der Waals surface area contributed by atoms with Crippen LogP contribution in [0.15, 0.2) is 70.9 Å². The van der Waals surface area contributed by atoms with Crippen LogP contribution in [0.25, 0.3) is 0 Å². The Kier molecular flexibility index (Phi) is 12.3. The molecule has 0 amide bonds. The summed E-state index contributed by atoms with van der Waals surface area (Å²) in [6.45, 7) is 2.72. The number of ketones is 1. The molecule has 4 rings (SSSR count). The van der Waals surface area contributed by atoms with Gasteiger partial charge in [0.2, 0.25) is 0 Å². The number of hydrogen-bond acceptors (Lipinski definition) is 8. The van der Waals surface area contributed by atoms with Gasteiger partial charge < -0.3 is 11.5 Å². The number of nitrogens with one attached hydrogen (secondary N) is 1. The van der Waals surface area contributed by atoms with Crippen molar-refractivity contribution >= 4 is 63.9 Å². The second kappa shape index (κ2) is 16.0. The molecule has 0 saturated carbocycles. The Hall–Kier alpha value is -2.82. The molecule has 5 N–H and O–H groups in total. The molecule has 1 fully saturated rings. The van der Waals surface area contributed by atoms with E-state index >= 15 is 0 Å². The number of halogens is 5. The first-order valence-electron chi connectivity index (χ1n) is 13.8.